The Morgan fingerprint density at radius 3 is 2.81 bits per heavy atom. The number of nitrogens with zero attached hydrogens (tertiary/aromatic N) is 3. The molecule has 2 aromatic rings. The van der Waals surface area contributed by atoms with E-state index in [0.29, 0.717) is 24.1 Å². The molecule has 1 aliphatic carbocycles. The third-order valence-corrected chi connectivity index (χ3v) is 7.29. The van der Waals surface area contributed by atoms with Gasteiger partial charge >= 0.3 is 6.18 Å². The number of halogens is 3. The Hall–Kier alpha value is -2.45. The molecule has 6 nitrogen and oxygen atoms in total. The highest BCUT2D eigenvalue weighted by Gasteiger charge is 2.48. The van der Waals surface area contributed by atoms with Crippen LogP contribution in [0.15, 0.2) is 28.9 Å². The number of fused-ring (bicyclic) bond motifs is 2. The van der Waals surface area contributed by atoms with Gasteiger partial charge in [-0.05, 0) is 43.2 Å². The molecule has 5 unspecified atom stereocenters. The van der Waals surface area contributed by atoms with Gasteiger partial charge in [0.25, 0.3) is 5.91 Å². The van der Waals surface area contributed by atoms with Crippen molar-refractivity contribution < 1.29 is 22.4 Å². The molecule has 0 radical (unpaired) electrons. The van der Waals surface area contributed by atoms with E-state index in [1.165, 1.54) is 18.8 Å². The first-order valence-corrected chi connectivity index (χ1v) is 11.1. The Morgan fingerprint density at radius 1 is 1.26 bits per heavy atom. The second kappa shape index (κ2) is 7.60. The van der Waals surface area contributed by atoms with E-state index in [1.54, 1.807) is 12.1 Å². The maximum Gasteiger partial charge on any atom is 0.410 e. The molecule has 5 atom stereocenters. The van der Waals surface area contributed by atoms with E-state index in [1.807, 2.05) is 4.90 Å². The van der Waals surface area contributed by atoms with Crippen LogP contribution in [0.4, 0.5) is 19.0 Å². The van der Waals surface area contributed by atoms with E-state index in [4.69, 9.17) is 4.42 Å². The number of piperidine rings is 1. The number of hydrogen-bond acceptors (Lipinski definition) is 4. The molecule has 1 saturated heterocycles. The average molecular weight is 436 g/mol. The Balaban J connectivity index is 1.45. The van der Waals surface area contributed by atoms with E-state index in [9.17, 15) is 18.0 Å². The molecule has 0 bridgehead atoms. The lowest BCUT2D eigenvalue weighted by Gasteiger charge is -2.47. The zero-order valence-corrected chi connectivity index (χ0v) is 17.4. The highest BCUT2D eigenvalue weighted by Crippen LogP contribution is 2.44. The van der Waals surface area contributed by atoms with Crippen LogP contribution in [0.1, 0.15) is 73.8 Å². The van der Waals surface area contributed by atoms with Gasteiger partial charge in [-0.1, -0.05) is 19.8 Å². The summed E-state index contributed by atoms with van der Waals surface area (Å²) < 4.78 is 47.8. The van der Waals surface area contributed by atoms with Crippen molar-refractivity contribution in [2.24, 2.45) is 11.8 Å². The van der Waals surface area contributed by atoms with E-state index in [2.05, 4.69) is 17.3 Å². The average Bonchev–Trinajstić information content (AvgIpc) is 3.42. The van der Waals surface area contributed by atoms with Crippen molar-refractivity contribution in [2.45, 2.75) is 69.8 Å². The van der Waals surface area contributed by atoms with Gasteiger partial charge in [-0.25, -0.2) is 4.68 Å². The second-order valence-electron chi connectivity index (χ2n) is 9.15. The van der Waals surface area contributed by atoms with Crippen LogP contribution >= 0.6 is 0 Å². The smallest absolute Gasteiger partial charge is 0.410 e. The molecular formula is C22H27F3N4O2. The number of alkyl halides is 3. The van der Waals surface area contributed by atoms with Crippen LogP contribution in [0.3, 0.4) is 0 Å². The van der Waals surface area contributed by atoms with Gasteiger partial charge in [0, 0.05) is 25.1 Å². The molecule has 1 saturated carbocycles. The van der Waals surface area contributed by atoms with Gasteiger partial charge in [-0.3, -0.25) is 4.79 Å². The van der Waals surface area contributed by atoms with Crippen LogP contribution in [0.25, 0.3) is 0 Å². The number of furan rings is 1. The first-order chi connectivity index (χ1) is 14.8. The summed E-state index contributed by atoms with van der Waals surface area (Å²) in [6.07, 6.45) is 1.96. The molecule has 168 valence electrons. The van der Waals surface area contributed by atoms with Crippen molar-refractivity contribution >= 4 is 11.7 Å². The molecule has 5 rings (SSSR count). The summed E-state index contributed by atoms with van der Waals surface area (Å²) in [4.78, 5) is 15.2. The van der Waals surface area contributed by atoms with Crippen LogP contribution in [-0.4, -0.2) is 39.4 Å². The summed E-state index contributed by atoms with van der Waals surface area (Å²) in [6, 6.07) is 2.48. The van der Waals surface area contributed by atoms with Crippen molar-refractivity contribution in [2.75, 3.05) is 11.9 Å². The normalized spacial score (nSPS) is 31.0. The molecule has 4 heterocycles. The van der Waals surface area contributed by atoms with Crippen LogP contribution in [0, 0.1) is 11.8 Å². The fourth-order valence-corrected chi connectivity index (χ4v) is 5.67. The Bertz CT molecular complexity index is 939. The summed E-state index contributed by atoms with van der Waals surface area (Å²) in [6.45, 7) is 2.88. The first-order valence-electron chi connectivity index (χ1n) is 11.1. The number of anilines is 1. The molecule has 0 spiro atoms. The van der Waals surface area contributed by atoms with Crippen molar-refractivity contribution in [3.05, 3.63) is 35.9 Å². The van der Waals surface area contributed by atoms with Crippen molar-refractivity contribution in [3.8, 4) is 0 Å². The number of rotatable bonds is 2. The molecule has 3 aliphatic rings. The van der Waals surface area contributed by atoms with E-state index < -0.39 is 18.3 Å². The number of aromatic nitrogens is 2. The largest absolute Gasteiger partial charge is 0.467 e. The maximum atomic E-state index is 13.8. The number of hydrogen-bond donors (Lipinski definition) is 1. The number of likely N-dealkylation sites (tertiary alicyclic amines) is 1. The van der Waals surface area contributed by atoms with Crippen molar-refractivity contribution in [1.29, 1.82) is 0 Å². The van der Waals surface area contributed by atoms with Gasteiger partial charge in [-0.2, -0.15) is 18.3 Å². The van der Waals surface area contributed by atoms with Crippen molar-refractivity contribution in [3.63, 3.8) is 0 Å². The molecule has 1 amide bonds. The topological polar surface area (TPSA) is 63.3 Å². The number of nitrogens with one attached hydrogen (secondary N) is 1. The SMILES string of the molecule is CC1CCN(C(=O)c2cc3n(n2)C(C(F)(F)F)CC(c2ccco2)N3)C2CCCCC12. The van der Waals surface area contributed by atoms with Gasteiger partial charge < -0.3 is 14.6 Å². The molecule has 2 fully saturated rings. The summed E-state index contributed by atoms with van der Waals surface area (Å²) in [5.41, 5.74) is 0.0794. The van der Waals surface area contributed by atoms with Gasteiger partial charge in [0.15, 0.2) is 11.7 Å². The molecule has 1 N–H and O–H groups in total. The van der Waals surface area contributed by atoms with Crippen LogP contribution < -0.4 is 5.32 Å². The number of carbonyl (C=O) groups is 1. The highest BCUT2D eigenvalue weighted by atomic mass is 19.4. The third kappa shape index (κ3) is 3.61. The van der Waals surface area contributed by atoms with Crippen LogP contribution in [0.5, 0.6) is 0 Å². The summed E-state index contributed by atoms with van der Waals surface area (Å²) in [7, 11) is 0. The zero-order chi connectivity index (χ0) is 21.8. The molecule has 9 heteroatoms. The summed E-state index contributed by atoms with van der Waals surface area (Å²) >= 11 is 0. The quantitative estimate of drug-likeness (QED) is 0.705. The number of amides is 1. The molecule has 31 heavy (non-hydrogen) atoms. The minimum absolute atomic E-state index is 0.0794. The van der Waals surface area contributed by atoms with Crippen molar-refractivity contribution in [1.82, 2.24) is 14.7 Å². The predicted octanol–water partition coefficient (Wildman–Crippen LogP) is 5.18. The van der Waals surface area contributed by atoms with Gasteiger partial charge in [0.2, 0.25) is 0 Å². The lowest BCUT2D eigenvalue weighted by atomic mass is 9.72. The van der Waals surface area contributed by atoms with Crippen LogP contribution in [0.2, 0.25) is 0 Å². The molecule has 0 aromatic carbocycles. The highest BCUT2D eigenvalue weighted by molar-refractivity contribution is 5.93. The van der Waals surface area contributed by atoms with E-state index in [-0.39, 0.29) is 29.9 Å². The first kappa shape index (κ1) is 20.5. The maximum absolute atomic E-state index is 13.8. The fraction of sp³-hybridized carbons (Fsp3) is 0.636. The van der Waals surface area contributed by atoms with Gasteiger partial charge in [0.1, 0.15) is 11.6 Å². The fourth-order valence-electron chi connectivity index (χ4n) is 5.67. The van der Waals surface area contributed by atoms with Crippen LogP contribution in [-0.2, 0) is 0 Å². The Labute approximate surface area is 178 Å². The number of carbonyl (C=O) groups excluding carboxylic acids is 1. The monoisotopic (exact) mass is 436 g/mol. The minimum Gasteiger partial charge on any atom is -0.467 e. The van der Waals surface area contributed by atoms with E-state index >= 15 is 0 Å². The Kier molecular flexibility index (Phi) is 5.01. The summed E-state index contributed by atoms with van der Waals surface area (Å²) in [5, 5.41) is 7.24. The summed E-state index contributed by atoms with van der Waals surface area (Å²) in [5.74, 6) is 1.40. The molecule has 2 aliphatic heterocycles. The predicted molar refractivity (Wildman–Crippen MR) is 108 cm³/mol. The lowest BCUT2D eigenvalue weighted by Crippen LogP contribution is -2.52. The van der Waals surface area contributed by atoms with E-state index in [0.717, 1.165) is 30.4 Å². The minimum atomic E-state index is -4.48. The standard InChI is InChI=1S/C22H27F3N4O2/c1-13-8-9-28(17-6-3-2-5-14(13)17)21(30)16-12-20-26-15(18-7-4-10-31-18)11-19(22(23,24)25)29(20)27-16/h4,7,10,12-15,17,19,26H,2-3,5-6,8-9,11H2,1H3. The third-order valence-electron chi connectivity index (χ3n) is 7.29. The van der Waals surface area contributed by atoms with Gasteiger partial charge in [0.05, 0.1) is 12.3 Å². The Morgan fingerprint density at radius 2 is 2.06 bits per heavy atom. The molecule has 2 aromatic heterocycles. The lowest BCUT2D eigenvalue weighted by molar-refractivity contribution is -0.174. The second-order valence-corrected chi connectivity index (χ2v) is 9.15. The zero-order valence-electron chi connectivity index (χ0n) is 17.4. The van der Waals surface area contributed by atoms with Gasteiger partial charge in [-0.15, -0.1) is 0 Å². The molecular weight excluding hydrogens is 409 g/mol.